The zero-order valence-electron chi connectivity index (χ0n) is 9.74. The van der Waals surface area contributed by atoms with Crippen molar-refractivity contribution in [3.8, 4) is 0 Å². The molecule has 1 atom stereocenters. The highest BCUT2D eigenvalue weighted by Gasteiger charge is 2.60. The Morgan fingerprint density at radius 2 is 2.16 bits per heavy atom. The zero-order valence-corrected chi connectivity index (χ0v) is 9.74. The summed E-state index contributed by atoms with van der Waals surface area (Å²) in [5.41, 5.74) is -3.29. The van der Waals surface area contributed by atoms with E-state index in [1.807, 2.05) is 10.6 Å². The minimum atomic E-state index is -2.54. The number of rotatable bonds is 4. The predicted octanol–water partition coefficient (Wildman–Crippen LogP) is -1.00. The number of hydrogen-bond donors (Lipinski definition) is 2. The van der Waals surface area contributed by atoms with Gasteiger partial charge >= 0.3 is 17.5 Å². The maximum atomic E-state index is 11.7. The first kappa shape index (κ1) is 14.3. The minimum absolute atomic E-state index is 0.145. The van der Waals surface area contributed by atoms with E-state index >= 15 is 0 Å². The Bertz CT molecular complexity index is 474. The van der Waals surface area contributed by atoms with Gasteiger partial charge in [0.05, 0.1) is 11.5 Å². The number of ether oxygens (including phenoxy) is 1. The normalized spacial score (nSPS) is 24.3. The third-order valence-electron chi connectivity index (χ3n) is 2.36. The van der Waals surface area contributed by atoms with E-state index in [2.05, 4.69) is 4.74 Å². The second-order valence-electron chi connectivity index (χ2n) is 3.47. The topological polar surface area (TPSA) is 154 Å². The molecule has 0 bridgehead atoms. The molecule has 2 amide bonds. The molecule has 0 aromatic carbocycles. The maximum Gasteiger partial charge on any atom is 0.393 e. The van der Waals surface area contributed by atoms with Crippen molar-refractivity contribution in [1.29, 1.82) is 0 Å². The van der Waals surface area contributed by atoms with Gasteiger partial charge in [-0.3, -0.25) is 25.5 Å². The largest absolute Gasteiger partial charge is 0.460 e. The van der Waals surface area contributed by atoms with Crippen molar-refractivity contribution in [3.63, 3.8) is 0 Å². The van der Waals surface area contributed by atoms with E-state index in [1.165, 1.54) is 6.92 Å². The molecule has 1 unspecified atom stereocenters. The van der Waals surface area contributed by atoms with Crippen molar-refractivity contribution in [2.45, 2.75) is 12.5 Å². The molecule has 104 valence electrons. The van der Waals surface area contributed by atoms with Crippen molar-refractivity contribution in [1.82, 2.24) is 10.6 Å². The fraction of sp³-hybridized carbons (Fsp3) is 0.500. The van der Waals surface area contributed by atoms with Gasteiger partial charge in [0.25, 0.3) is 6.20 Å². The summed E-state index contributed by atoms with van der Waals surface area (Å²) < 4.78 is 4.56. The van der Waals surface area contributed by atoms with Gasteiger partial charge in [0, 0.05) is 4.92 Å². The van der Waals surface area contributed by atoms with E-state index < -0.39 is 39.6 Å². The lowest BCUT2D eigenvalue weighted by atomic mass is 9.94. The van der Waals surface area contributed by atoms with Crippen LogP contribution in [0.4, 0.5) is 4.79 Å². The van der Waals surface area contributed by atoms with E-state index in [0.29, 0.717) is 0 Å². The quantitative estimate of drug-likeness (QED) is 0.378. The molecule has 1 aliphatic heterocycles. The predicted molar refractivity (Wildman–Crippen MR) is 58.0 cm³/mol. The van der Waals surface area contributed by atoms with Crippen LogP contribution in [-0.4, -0.2) is 40.5 Å². The smallest absolute Gasteiger partial charge is 0.393 e. The fourth-order valence-electron chi connectivity index (χ4n) is 1.49. The SMILES string of the molecule is CCOC(=O)C1([N+](=O)[O-])CNC(=O)N/C1=C\[N+](=O)[O-]. The van der Waals surface area contributed by atoms with Crippen LogP contribution in [0.2, 0.25) is 0 Å². The van der Waals surface area contributed by atoms with Crippen LogP contribution >= 0.6 is 0 Å². The van der Waals surface area contributed by atoms with E-state index in [0.717, 1.165) is 0 Å². The lowest BCUT2D eigenvalue weighted by molar-refractivity contribution is -0.545. The minimum Gasteiger partial charge on any atom is -0.460 e. The molecule has 1 rings (SSSR count). The Kier molecular flexibility index (Phi) is 3.99. The third kappa shape index (κ3) is 2.59. The first-order valence-electron chi connectivity index (χ1n) is 5.07. The Balaban J connectivity index is 3.32. The average Bonchev–Trinajstić information content (AvgIpc) is 2.28. The zero-order chi connectivity index (χ0) is 14.6. The number of amides is 2. The molecule has 11 heteroatoms. The second kappa shape index (κ2) is 5.29. The van der Waals surface area contributed by atoms with Crippen LogP contribution in [0.3, 0.4) is 0 Å². The van der Waals surface area contributed by atoms with Gasteiger partial charge in [-0.2, -0.15) is 0 Å². The molecule has 1 saturated heterocycles. The summed E-state index contributed by atoms with van der Waals surface area (Å²) in [4.78, 5) is 42.4. The lowest BCUT2D eigenvalue weighted by Gasteiger charge is -2.28. The van der Waals surface area contributed by atoms with Gasteiger partial charge in [0.1, 0.15) is 6.54 Å². The van der Waals surface area contributed by atoms with Crippen molar-refractivity contribution >= 4 is 12.0 Å². The van der Waals surface area contributed by atoms with Gasteiger partial charge < -0.3 is 10.1 Å². The molecular formula is C8H10N4O7. The Hall–Kier alpha value is -2.72. The number of carbonyl (C=O) groups is 2. The molecule has 19 heavy (non-hydrogen) atoms. The molecule has 1 fully saturated rings. The highest BCUT2D eigenvalue weighted by Crippen LogP contribution is 2.23. The van der Waals surface area contributed by atoms with Gasteiger partial charge in [-0.25, -0.2) is 9.59 Å². The molecule has 0 aromatic heterocycles. The highest BCUT2D eigenvalue weighted by molar-refractivity contribution is 5.89. The summed E-state index contributed by atoms with van der Waals surface area (Å²) in [6, 6.07) is -0.880. The molecule has 0 aromatic rings. The summed E-state index contributed by atoms with van der Waals surface area (Å²) in [5.74, 6) is -1.29. The number of urea groups is 1. The summed E-state index contributed by atoms with van der Waals surface area (Å²) >= 11 is 0. The van der Waals surface area contributed by atoms with E-state index in [4.69, 9.17) is 0 Å². The van der Waals surface area contributed by atoms with Crippen molar-refractivity contribution < 1.29 is 24.2 Å². The summed E-state index contributed by atoms with van der Waals surface area (Å²) in [7, 11) is 0. The molecule has 2 N–H and O–H groups in total. The summed E-state index contributed by atoms with van der Waals surface area (Å²) in [6.07, 6.45) is 0.207. The molecule has 0 radical (unpaired) electrons. The van der Waals surface area contributed by atoms with Crippen LogP contribution in [0.25, 0.3) is 0 Å². The molecule has 0 spiro atoms. The van der Waals surface area contributed by atoms with Crippen LogP contribution in [-0.2, 0) is 9.53 Å². The second-order valence-corrected chi connectivity index (χ2v) is 3.47. The Morgan fingerprint density at radius 1 is 1.53 bits per heavy atom. The number of esters is 1. The van der Waals surface area contributed by atoms with Crippen LogP contribution in [0.1, 0.15) is 6.92 Å². The van der Waals surface area contributed by atoms with Gasteiger partial charge in [0.15, 0.2) is 5.70 Å². The molecule has 11 nitrogen and oxygen atoms in total. The lowest BCUT2D eigenvalue weighted by Crippen LogP contribution is -2.65. The molecular weight excluding hydrogens is 264 g/mol. The number of carbonyl (C=O) groups excluding carboxylic acids is 2. The molecule has 1 aliphatic rings. The highest BCUT2D eigenvalue weighted by atomic mass is 16.6. The number of nitrogens with zero attached hydrogens (tertiary/aromatic N) is 2. The summed E-state index contributed by atoms with van der Waals surface area (Å²) in [6.45, 7) is 0.551. The van der Waals surface area contributed by atoms with Gasteiger partial charge in [-0.1, -0.05) is 0 Å². The molecule has 0 aliphatic carbocycles. The van der Waals surface area contributed by atoms with E-state index in [1.54, 1.807) is 0 Å². The van der Waals surface area contributed by atoms with Crippen molar-refractivity contribution in [2.75, 3.05) is 13.2 Å². The standard InChI is InChI=1S/C8H10N4O7/c1-2-19-6(13)8(12(17)18)4-9-7(14)10-5(8)3-11(15)16/h3H,2,4H2,1H3,(H2,9,10,14)/b5-3-. The first-order valence-corrected chi connectivity index (χ1v) is 5.07. The number of hydrogen-bond acceptors (Lipinski definition) is 7. The van der Waals surface area contributed by atoms with Crippen LogP contribution in [0, 0.1) is 20.2 Å². The fourth-order valence-corrected chi connectivity index (χ4v) is 1.49. The van der Waals surface area contributed by atoms with E-state index in [-0.39, 0.29) is 12.8 Å². The summed E-state index contributed by atoms with van der Waals surface area (Å²) in [5, 5.41) is 25.5. The van der Waals surface area contributed by atoms with E-state index in [9.17, 15) is 29.8 Å². The van der Waals surface area contributed by atoms with Gasteiger partial charge in [-0.05, 0) is 6.92 Å². The first-order chi connectivity index (χ1) is 8.84. The van der Waals surface area contributed by atoms with Crippen molar-refractivity contribution in [3.05, 3.63) is 32.1 Å². The number of nitro groups is 2. The third-order valence-corrected chi connectivity index (χ3v) is 2.36. The maximum absolute atomic E-state index is 11.7. The van der Waals surface area contributed by atoms with Gasteiger partial charge in [-0.15, -0.1) is 0 Å². The monoisotopic (exact) mass is 274 g/mol. The molecule has 0 saturated carbocycles. The molecule has 1 heterocycles. The van der Waals surface area contributed by atoms with Gasteiger partial charge in [0.2, 0.25) is 0 Å². The average molecular weight is 274 g/mol. The van der Waals surface area contributed by atoms with Crippen molar-refractivity contribution in [2.24, 2.45) is 0 Å². The Morgan fingerprint density at radius 3 is 2.63 bits per heavy atom. The van der Waals surface area contributed by atoms with Crippen LogP contribution in [0.5, 0.6) is 0 Å². The van der Waals surface area contributed by atoms with Crippen LogP contribution < -0.4 is 10.6 Å². The van der Waals surface area contributed by atoms with Crippen LogP contribution in [0.15, 0.2) is 11.9 Å². The Labute approximate surface area is 105 Å². The number of nitrogens with one attached hydrogen (secondary N) is 2.